The number of nitrogens with two attached hydrogens (primary N) is 1. The summed E-state index contributed by atoms with van der Waals surface area (Å²) in [6.45, 7) is 4.05. The SMILES string of the molecule is Cc1nc(N)sc1-c1cncc(C2CCCNC2)n1. The average molecular weight is 275 g/mol. The largest absolute Gasteiger partial charge is 0.375 e. The minimum Gasteiger partial charge on any atom is -0.375 e. The van der Waals surface area contributed by atoms with Gasteiger partial charge in [0.25, 0.3) is 0 Å². The van der Waals surface area contributed by atoms with Gasteiger partial charge in [-0.15, -0.1) is 0 Å². The van der Waals surface area contributed by atoms with Crippen molar-refractivity contribution < 1.29 is 0 Å². The molecule has 3 heterocycles. The molecule has 1 saturated heterocycles. The molecule has 1 atom stereocenters. The molecule has 5 nitrogen and oxygen atoms in total. The van der Waals surface area contributed by atoms with Crippen LogP contribution >= 0.6 is 11.3 Å². The first-order valence-electron chi connectivity index (χ1n) is 6.50. The fourth-order valence-corrected chi connectivity index (χ4v) is 3.23. The third-order valence-corrected chi connectivity index (χ3v) is 4.42. The van der Waals surface area contributed by atoms with E-state index < -0.39 is 0 Å². The van der Waals surface area contributed by atoms with Gasteiger partial charge in [-0.2, -0.15) is 0 Å². The summed E-state index contributed by atoms with van der Waals surface area (Å²) >= 11 is 1.47. The molecular formula is C13H17N5S. The lowest BCUT2D eigenvalue weighted by atomic mass is 9.96. The number of rotatable bonds is 2. The second-order valence-corrected chi connectivity index (χ2v) is 5.87. The summed E-state index contributed by atoms with van der Waals surface area (Å²) in [4.78, 5) is 14.4. The molecule has 19 heavy (non-hydrogen) atoms. The second kappa shape index (κ2) is 5.22. The zero-order valence-corrected chi connectivity index (χ0v) is 11.7. The standard InChI is InChI=1S/C13H17N5S/c1-8-12(19-13(14)17-8)11-7-16-6-10(18-11)9-3-2-4-15-5-9/h6-7,9,15H,2-5H2,1H3,(H2,14,17). The zero-order valence-electron chi connectivity index (χ0n) is 10.9. The van der Waals surface area contributed by atoms with Crippen molar-refractivity contribution >= 4 is 16.5 Å². The summed E-state index contributed by atoms with van der Waals surface area (Å²) in [5.74, 6) is 0.465. The van der Waals surface area contributed by atoms with E-state index in [0.717, 1.165) is 35.0 Å². The van der Waals surface area contributed by atoms with Gasteiger partial charge >= 0.3 is 0 Å². The number of anilines is 1. The van der Waals surface area contributed by atoms with Crippen LogP contribution in [0.3, 0.4) is 0 Å². The molecule has 100 valence electrons. The molecule has 0 aliphatic carbocycles. The van der Waals surface area contributed by atoms with E-state index >= 15 is 0 Å². The lowest BCUT2D eigenvalue weighted by Crippen LogP contribution is -2.28. The molecule has 0 bridgehead atoms. The highest BCUT2D eigenvalue weighted by Crippen LogP contribution is 2.30. The van der Waals surface area contributed by atoms with Crippen molar-refractivity contribution in [3.8, 4) is 10.6 Å². The highest BCUT2D eigenvalue weighted by atomic mass is 32.1. The van der Waals surface area contributed by atoms with Crippen LogP contribution in [0.25, 0.3) is 10.6 Å². The summed E-state index contributed by atoms with van der Waals surface area (Å²) in [5, 5.41) is 3.99. The molecule has 0 amide bonds. The maximum atomic E-state index is 5.75. The Morgan fingerprint density at radius 3 is 2.95 bits per heavy atom. The fourth-order valence-electron chi connectivity index (χ4n) is 2.45. The van der Waals surface area contributed by atoms with Crippen molar-refractivity contribution in [1.29, 1.82) is 0 Å². The number of nitrogens with one attached hydrogen (secondary N) is 1. The van der Waals surface area contributed by atoms with Gasteiger partial charge in [-0.1, -0.05) is 11.3 Å². The van der Waals surface area contributed by atoms with Crippen LogP contribution < -0.4 is 11.1 Å². The molecule has 2 aromatic heterocycles. The first-order chi connectivity index (χ1) is 9.24. The van der Waals surface area contributed by atoms with Crippen LogP contribution in [0, 0.1) is 6.92 Å². The van der Waals surface area contributed by atoms with Crippen molar-refractivity contribution in [2.75, 3.05) is 18.8 Å². The number of aromatic nitrogens is 3. The zero-order chi connectivity index (χ0) is 13.2. The fraction of sp³-hybridized carbons (Fsp3) is 0.462. The minimum absolute atomic E-state index is 0.465. The van der Waals surface area contributed by atoms with Crippen molar-refractivity contribution in [3.63, 3.8) is 0 Å². The molecular weight excluding hydrogens is 258 g/mol. The van der Waals surface area contributed by atoms with Gasteiger partial charge in [0, 0.05) is 18.7 Å². The Hall–Kier alpha value is -1.53. The molecule has 0 saturated carbocycles. The Labute approximate surface area is 116 Å². The van der Waals surface area contributed by atoms with E-state index in [9.17, 15) is 0 Å². The molecule has 1 unspecified atom stereocenters. The highest BCUT2D eigenvalue weighted by Gasteiger charge is 2.18. The first-order valence-corrected chi connectivity index (χ1v) is 7.31. The van der Waals surface area contributed by atoms with Gasteiger partial charge in [-0.05, 0) is 26.3 Å². The molecule has 2 aromatic rings. The van der Waals surface area contributed by atoms with Gasteiger partial charge in [0.05, 0.1) is 22.5 Å². The first kappa shape index (κ1) is 12.5. The van der Waals surface area contributed by atoms with Crippen molar-refractivity contribution in [1.82, 2.24) is 20.3 Å². The Morgan fingerprint density at radius 2 is 2.26 bits per heavy atom. The monoisotopic (exact) mass is 275 g/mol. The van der Waals surface area contributed by atoms with E-state index in [-0.39, 0.29) is 0 Å². The van der Waals surface area contributed by atoms with Crippen LogP contribution in [0.2, 0.25) is 0 Å². The topological polar surface area (TPSA) is 76.7 Å². The van der Waals surface area contributed by atoms with Crippen molar-refractivity contribution in [3.05, 3.63) is 23.8 Å². The number of hydrogen-bond acceptors (Lipinski definition) is 6. The Kier molecular flexibility index (Phi) is 3.44. The quantitative estimate of drug-likeness (QED) is 0.876. The van der Waals surface area contributed by atoms with E-state index in [1.54, 1.807) is 6.20 Å². The molecule has 0 radical (unpaired) electrons. The molecule has 1 fully saturated rings. The van der Waals surface area contributed by atoms with E-state index in [4.69, 9.17) is 10.7 Å². The lowest BCUT2D eigenvalue weighted by molar-refractivity contribution is 0.454. The molecule has 1 aliphatic heterocycles. The van der Waals surface area contributed by atoms with Gasteiger partial charge in [-0.25, -0.2) is 9.97 Å². The molecule has 1 aliphatic rings. The maximum absolute atomic E-state index is 5.75. The molecule has 3 rings (SSSR count). The molecule has 0 spiro atoms. The number of aryl methyl sites for hydroxylation is 1. The average Bonchev–Trinajstić information content (AvgIpc) is 2.79. The second-order valence-electron chi connectivity index (χ2n) is 4.84. The van der Waals surface area contributed by atoms with Gasteiger partial charge in [0.1, 0.15) is 5.69 Å². The Bertz CT molecular complexity index is 574. The van der Waals surface area contributed by atoms with Gasteiger partial charge in [0.2, 0.25) is 0 Å². The normalized spacial score (nSPS) is 19.5. The predicted molar refractivity (Wildman–Crippen MR) is 77.1 cm³/mol. The highest BCUT2D eigenvalue weighted by molar-refractivity contribution is 7.18. The minimum atomic E-state index is 0.465. The smallest absolute Gasteiger partial charge is 0.180 e. The summed E-state index contributed by atoms with van der Waals surface area (Å²) in [6, 6.07) is 0. The number of nitrogen functional groups attached to an aromatic ring is 1. The van der Waals surface area contributed by atoms with E-state index in [0.29, 0.717) is 11.0 Å². The number of nitrogens with zero attached hydrogens (tertiary/aromatic N) is 3. The Morgan fingerprint density at radius 1 is 1.37 bits per heavy atom. The maximum Gasteiger partial charge on any atom is 0.180 e. The lowest BCUT2D eigenvalue weighted by Gasteiger charge is -2.22. The van der Waals surface area contributed by atoms with Gasteiger partial charge < -0.3 is 11.1 Å². The van der Waals surface area contributed by atoms with Gasteiger partial charge in [0.15, 0.2) is 5.13 Å². The molecule has 3 N–H and O–H groups in total. The summed E-state index contributed by atoms with van der Waals surface area (Å²) < 4.78 is 0. The van der Waals surface area contributed by atoms with Gasteiger partial charge in [-0.3, -0.25) is 4.98 Å². The van der Waals surface area contributed by atoms with Crippen LogP contribution in [0.15, 0.2) is 12.4 Å². The van der Waals surface area contributed by atoms with Crippen LogP contribution in [0.1, 0.15) is 30.1 Å². The predicted octanol–water partition coefficient (Wildman–Crippen LogP) is 1.96. The van der Waals surface area contributed by atoms with Crippen LogP contribution in [0.5, 0.6) is 0 Å². The van der Waals surface area contributed by atoms with Crippen LogP contribution in [-0.2, 0) is 0 Å². The van der Waals surface area contributed by atoms with Crippen LogP contribution in [0.4, 0.5) is 5.13 Å². The van der Waals surface area contributed by atoms with E-state index in [1.807, 2.05) is 13.1 Å². The molecule has 6 heteroatoms. The van der Waals surface area contributed by atoms with E-state index in [1.165, 1.54) is 24.2 Å². The van der Waals surface area contributed by atoms with E-state index in [2.05, 4.69) is 15.3 Å². The Balaban J connectivity index is 1.93. The van der Waals surface area contributed by atoms with Crippen molar-refractivity contribution in [2.45, 2.75) is 25.7 Å². The summed E-state index contributed by atoms with van der Waals surface area (Å²) in [5.41, 5.74) is 8.62. The molecule has 0 aromatic carbocycles. The summed E-state index contributed by atoms with van der Waals surface area (Å²) in [6.07, 6.45) is 6.04. The number of thiazole rings is 1. The third kappa shape index (κ3) is 2.59. The van der Waals surface area contributed by atoms with Crippen molar-refractivity contribution in [2.24, 2.45) is 0 Å². The van der Waals surface area contributed by atoms with Crippen LogP contribution in [-0.4, -0.2) is 28.0 Å². The summed E-state index contributed by atoms with van der Waals surface area (Å²) in [7, 11) is 0. The number of hydrogen-bond donors (Lipinski definition) is 2. The third-order valence-electron chi connectivity index (χ3n) is 3.41. The number of piperidine rings is 1.